The van der Waals surface area contributed by atoms with Crippen molar-refractivity contribution in [1.29, 1.82) is 0 Å². The molecular formula is C17H22ClN3O4. The molecule has 0 radical (unpaired) electrons. The van der Waals surface area contributed by atoms with E-state index in [-0.39, 0.29) is 30.8 Å². The van der Waals surface area contributed by atoms with Crippen LogP contribution in [0.3, 0.4) is 0 Å². The lowest BCUT2D eigenvalue weighted by atomic mass is 9.97. The maximum absolute atomic E-state index is 12.9. The molecule has 0 spiro atoms. The number of nitrogens with one attached hydrogen (secondary N) is 1. The third kappa shape index (κ3) is 3.93. The Morgan fingerprint density at radius 1 is 1.32 bits per heavy atom. The molecule has 0 bridgehead atoms. The number of aliphatic carboxylic acids is 1. The van der Waals surface area contributed by atoms with Gasteiger partial charge in [-0.15, -0.1) is 12.4 Å². The number of amides is 2. The molecule has 7 nitrogen and oxygen atoms in total. The van der Waals surface area contributed by atoms with Crippen LogP contribution in [0.15, 0.2) is 24.3 Å². The fourth-order valence-electron chi connectivity index (χ4n) is 3.37. The zero-order valence-corrected chi connectivity index (χ0v) is 14.8. The van der Waals surface area contributed by atoms with Gasteiger partial charge < -0.3 is 10.4 Å². The van der Waals surface area contributed by atoms with Crippen LogP contribution in [0, 0.1) is 5.92 Å². The Morgan fingerprint density at radius 2 is 2.04 bits per heavy atom. The van der Waals surface area contributed by atoms with Gasteiger partial charge in [-0.2, -0.15) is 0 Å². The molecule has 2 atom stereocenters. The number of anilines is 2. The summed E-state index contributed by atoms with van der Waals surface area (Å²) in [6, 6.07) is 6.72. The molecular weight excluding hydrogens is 346 g/mol. The quantitative estimate of drug-likeness (QED) is 0.846. The Morgan fingerprint density at radius 3 is 2.76 bits per heavy atom. The summed E-state index contributed by atoms with van der Waals surface area (Å²) in [5.41, 5.74) is 1.30. The lowest BCUT2D eigenvalue weighted by molar-refractivity contribution is -0.144. The molecule has 25 heavy (non-hydrogen) atoms. The smallest absolute Gasteiger partial charge is 0.307 e. The SMILES string of the molecule is CC(C(=O)N1CC(=O)Nc2ccccc21)N1CCCC(C(=O)O)C1.Cl. The van der Waals surface area contributed by atoms with Crippen molar-refractivity contribution in [2.45, 2.75) is 25.8 Å². The Kier molecular flexibility index (Phi) is 6.02. The molecule has 2 heterocycles. The van der Waals surface area contributed by atoms with Crippen molar-refractivity contribution in [3.63, 3.8) is 0 Å². The van der Waals surface area contributed by atoms with Crippen LogP contribution in [0.25, 0.3) is 0 Å². The van der Waals surface area contributed by atoms with Gasteiger partial charge in [0.25, 0.3) is 0 Å². The highest BCUT2D eigenvalue weighted by atomic mass is 35.5. The third-order valence-electron chi connectivity index (χ3n) is 4.74. The van der Waals surface area contributed by atoms with Crippen LogP contribution in [-0.2, 0) is 14.4 Å². The standard InChI is InChI=1S/C17H21N3O4.ClH/c1-11(19-8-4-5-12(9-19)17(23)24)16(22)20-10-15(21)18-13-6-2-3-7-14(13)20;/h2-3,6-7,11-12H,4-5,8-10H2,1H3,(H,18,21)(H,23,24);1H. The van der Waals surface area contributed by atoms with Gasteiger partial charge in [0.2, 0.25) is 11.8 Å². The average molecular weight is 368 g/mol. The maximum atomic E-state index is 12.9. The summed E-state index contributed by atoms with van der Waals surface area (Å²) in [7, 11) is 0. The number of carboxylic acids is 1. The number of piperidine rings is 1. The number of hydrogen-bond acceptors (Lipinski definition) is 4. The van der Waals surface area contributed by atoms with Gasteiger partial charge in [0.15, 0.2) is 0 Å². The fraction of sp³-hybridized carbons (Fsp3) is 0.471. The van der Waals surface area contributed by atoms with E-state index in [2.05, 4.69) is 5.32 Å². The van der Waals surface area contributed by atoms with Gasteiger partial charge in [0.05, 0.1) is 23.3 Å². The molecule has 2 N–H and O–H groups in total. The number of rotatable bonds is 3. The lowest BCUT2D eigenvalue weighted by Gasteiger charge is -2.38. The summed E-state index contributed by atoms with van der Waals surface area (Å²) >= 11 is 0. The number of carboxylic acid groups (broad SMARTS) is 1. The van der Waals surface area contributed by atoms with Crippen molar-refractivity contribution in [2.24, 2.45) is 5.92 Å². The van der Waals surface area contributed by atoms with Gasteiger partial charge in [0, 0.05) is 6.54 Å². The fourth-order valence-corrected chi connectivity index (χ4v) is 3.37. The summed E-state index contributed by atoms with van der Waals surface area (Å²) in [5.74, 6) is -1.66. The summed E-state index contributed by atoms with van der Waals surface area (Å²) in [5, 5.41) is 12.0. The van der Waals surface area contributed by atoms with E-state index in [1.807, 2.05) is 11.0 Å². The van der Waals surface area contributed by atoms with Crippen molar-refractivity contribution in [3.8, 4) is 0 Å². The van der Waals surface area contributed by atoms with Gasteiger partial charge in [-0.05, 0) is 38.4 Å². The lowest BCUT2D eigenvalue weighted by Crippen LogP contribution is -2.53. The van der Waals surface area contributed by atoms with Crippen LogP contribution in [-0.4, -0.2) is 53.5 Å². The summed E-state index contributed by atoms with van der Waals surface area (Å²) < 4.78 is 0. The number of nitrogens with zero attached hydrogens (tertiary/aromatic N) is 2. The summed E-state index contributed by atoms with van der Waals surface area (Å²) in [6.45, 7) is 2.82. The second kappa shape index (κ2) is 7.84. The molecule has 1 fully saturated rings. The van der Waals surface area contributed by atoms with Crippen LogP contribution < -0.4 is 10.2 Å². The minimum Gasteiger partial charge on any atom is -0.481 e. The molecule has 3 rings (SSSR count). The summed E-state index contributed by atoms with van der Waals surface area (Å²) in [6.07, 6.45) is 1.40. The molecule has 8 heteroatoms. The molecule has 0 aliphatic carbocycles. The van der Waals surface area contributed by atoms with Crippen molar-refractivity contribution >= 4 is 41.6 Å². The minimum atomic E-state index is -0.818. The van der Waals surface area contributed by atoms with E-state index >= 15 is 0 Å². The van der Waals surface area contributed by atoms with Crippen LogP contribution in [0.1, 0.15) is 19.8 Å². The number of likely N-dealkylation sites (tertiary alicyclic amines) is 1. The Hall–Kier alpha value is -2.12. The van der Waals surface area contributed by atoms with Crippen LogP contribution in [0.5, 0.6) is 0 Å². The number of fused-ring (bicyclic) bond motifs is 1. The topological polar surface area (TPSA) is 90.0 Å². The number of para-hydroxylation sites is 2. The van der Waals surface area contributed by atoms with Gasteiger partial charge >= 0.3 is 5.97 Å². The summed E-state index contributed by atoms with van der Waals surface area (Å²) in [4.78, 5) is 39.4. The van der Waals surface area contributed by atoms with Gasteiger partial charge in [-0.3, -0.25) is 24.2 Å². The molecule has 1 aromatic rings. The molecule has 136 valence electrons. The van der Waals surface area contributed by atoms with E-state index < -0.39 is 17.9 Å². The second-order valence-corrected chi connectivity index (χ2v) is 6.34. The molecule has 1 aromatic carbocycles. The van der Waals surface area contributed by atoms with E-state index in [1.165, 1.54) is 4.90 Å². The zero-order chi connectivity index (χ0) is 17.3. The predicted octanol–water partition coefficient (Wildman–Crippen LogP) is 1.58. The first-order valence-electron chi connectivity index (χ1n) is 8.14. The highest BCUT2D eigenvalue weighted by Crippen LogP contribution is 2.30. The van der Waals surface area contributed by atoms with Crippen LogP contribution in [0.2, 0.25) is 0 Å². The zero-order valence-electron chi connectivity index (χ0n) is 14.0. The molecule has 0 saturated carbocycles. The van der Waals surface area contributed by atoms with E-state index in [0.29, 0.717) is 30.9 Å². The Balaban J connectivity index is 0.00000225. The van der Waals surface area contributed by atoms with Gasteiger partial charge in [0.1, 0.15) is 6.54 Å². The van der Waals surface area contributed by atoms with Crippen LogP contribution in [0.4, 0.5) is 11.4 Å². The molecule has 2 aliphatic heterocycles. The van der Waals surface area contributed by atoms with Crippen molar-refractivity contribution in [2.75, 3.05) is 29.9 Å². The first-order chi connectivity index (χ1) is 11.5. The predicted molar refractivity (Wildman–Crippen MR) is 96.1 cm³/mol. The first-order valence-corrected chi connectivity index (χ1v) is 8.14. The van der Waals surface area contributed by atoms with E-state index in [9.17, 15) is 19.5 Å². The highest BCUT2D eigenvalue weighted by molar-refractivity contribution is 6.11. The third-order valence-corrected chi connectivity index (χ3v) is 4.74. The monoisotopic (exact) mass is 367 g/mol. The van der Waals surface area contributed by atoms with Crippen LogP contribution >= 0.6 is 12.4 Å². The first kappa shape index (κ1) is 19.2. The molecule has 2 aliphatic rings. The van der Waals surface area contributed by atoms with E-state index in [4.69, 9.17) is 0 Å². The Labute approximate surface area is 152 Å². The number of hydrogen-bond donors (Lipinski definition) is 2. The van der Waals surface area contributed by atoms with E-state index in [1.54, 1.807) is 25.1 Å². The molecule has 2 amide bonds. The molecule has 1 saturated heterocycles. The number of carbonyl (C=O) groups is 3. The van der Waals surface area contributed by atoms with Crippen molar-refractivity contribution < 1.29 is 19.5 Å². The van der Waals surface area contributed by atoms with E-state index in [0.717, 1.165) is 6.42 Å². The minimum absolute atomic E-state index is 0. The Bertz CT molecular complexity index is 682. The van der Waals surface area contributed by atoms with Crippen molar-refractivity contribution in [3.05, 3.63) is 24.3 Å². The highest BCUT2D eigenvalue weighted by Gasteiger charge is 2.35. The largest absolute Gasteiger partial charge is 0.481 e. The second-order valence-electron chi connectivity index (χ2n) is 6.34. The number of halogens is 1. The number of benzene rings is 1. The molecule has 0 aromatic heterocycles. The van der Waals surface area contributed by atoms with Gasteiger partial charge in [-0.1, -0.05) is 12.1 Å². The number of carbonyl (C=O) groups excluding carboxylic acids is 2. The maximum Gasteiger partial charge on any atom is 0.307 e. The molecule has 2 unspecified atom stereocenters. The normalized spacial score (nSPS) is 21.6. The van der Waals surface area contributed by atoms with Gasteiger partial charge in [-0.25, -0.2) is 0 Å². The van der Waals surface area contributed by atoms with Crippen molar-refractivity contribution in [1.82, 2.24) is 4.90 Å². The average Bonchev–Trinajstić information content (AvgIpc) is 2.59.